The van der Waals surface area contributed by atoms with Crippen molar-refractivity contribution in [2.75, 3.05) is 13.7 Å². The second kappa shape index (κ2) is 9.31. The third-order valence-electron chi connectivity index (χ3n) is 5.17. The van der Waals surface area contributed by atoms with Gasteiger partial charge in [-0.1, -0.05) is 36.4 Å². The Balaban J connectivity index is 1.30. The Morgan fingerprint density at radius 3 is 2.03 bits per heavy atom. The highest BCUT2D eigenvalue weighted by atomic mass is 16.5. The molecule has 0 aromatic heterocycles. The van der Waals surface area contributed by atoms with Crippen LogP contribution in [0.2, 0.25) is 0 Å². The molecular formula is C26H21NO5. The first-order valence-electron chi connectivity index (χ1n) is 10.1. The number of imide groups is 1. The summed E-state index contributed by atoms with van der Waals surface area (Å²) in [4.78, 5) is 38.2. The molecule has 0 bridgehead atoms. The van der Waals surface area contributed by atoms with Gasteiger partial charge in [0.15, 0.2) is 0 Å². The van der Waals surface area contributed by atoms with E-state index in [1.54, 1.807) is 49.6 Å². The maximum absolute atomic E-state index is 12.4. The summed E-state index contributed by atoms with van der Waals surface area (Å²) in [6, 6.07) is 21.1. The Hall–Kier alpha value is -4.19. The molecule has 3 aromatic rings. The molecule has 0 N–H and O–H groups in total. The minimum Gasteiger partial charge on any atom is -0.497 e. The van der Waals surface area contributed by atoms with E-state index >= 15 is 0 Å². The average Bonchev–Trinajstić information content (AvgIpc) is 3.07. The van der Waals surface area contributed by atoms with Gasteiger partial charge in [-0.15, -0.1) is 0 Å². The summed E-state index contributed by atoms with van der Waals surface area (Å²) in [5.41, 5.74) is 2.67. The number of benzene rings is 3. The van der Waals surface area contributed by atoms with Gasteiger partial charge in [0.05, 0.1) is 18.2 Å². The Kier molecular flexibility index (Phi) is 6.12. The second-order valence-corrected chi connectivity index (χ2v) is 7.23. The van der Waals surface area contributed by atoms with E-state index in [-0.39, 0.29) is 18.4 Å². The van der Waals surface area contributed by atoms with E-state index in [0.29, 0.717) is 23.3 Å². The topological polar surface area (TPSA) is 72.9 Å². The summed E-state index contributed by atoms with van der Waals surface area (Å²) >= 11 is 0. The highest BCUT2D eigenvalue weighted by Crippen LogP contribution is 2.23. The van der Waals surface area contributed by atoms with Crippen molar-refractivity contribution in [1.82, 2.24) is 4.90 Å². The predicted octanol–water partition coefficient (Wildman–Crippen LogP) is 4.15. The van der Waals surface area contributed by atoms with E-state index in [4.69, 9.17) is 9.47 Å². The molecule has 2 amide bonds. The van der Waals surface area contributed by atoms with Crippen LogP contribution in [0.5, 0.6) is 11.5 Å². The summed E-state index contributed by atoms with van der Waals surface area (Å²) in [6.45, 7) is 0.288. The predicted molar refractivity (Wildman–Crippen MR) is 120 cm³/mol. The zero-order valence-electron chi connectivity index (χ0n) is 17.5. The van der Waals surface area contributed by atoms with Crippen LogP contribution in [0, 0.1) is 0 Å². The Labute approximate surface area is 185 Å². The number of amides is 2. The smallest absolute Gasteiger partial charge is 0.336 e. The van der Waals surface area contributed by atoms with Crippen molar-refractivity contribution in [1.29, 1.82) is 0 Å². The minimum atomic E-state index is -0.486. The lowest BCUT2D eigenvalue weighted by Crippen LogP contribution is -2.31. The first-order valence-corrected chi connectivity index (χ1v) is 10.1. The number of fused-ring (bicyclic) bond motifs is 1. The summed E-state index contributed by atoms with van der Waals surface area (Å²) in [6.07, 6.45) is 3.53. The number of nitrogens with zero attached hydrogens (tertiary/aromatic N) is 1. The zero-order valence-corrected chi connectivity index (χ0v) is 17.5. The van der Waals surface area contributed by atoms with E-state index in [9.17, 15) is 14.4 Å². The molecule has 4 rings (SSSR count). The van der Waals surface area contributed by atoms with Gasteiger partial charge in [0.25, 0.3) is 11.8 Å². The van der Waals surface area contributed by atoms with Gasteiger partial charge in [-0.3, -0.25) is 14.5 Å². The second-order valence-electron chi connectivity index (χ2n) is 7.23. The van der Waals surface area contributed by atoms with Gasteiger partial charge in [-0.2, -0.15) is 0 Å². The molecule has 160 valence electrons. The number of methoxy groups -OCH3 is 1. The molecular weight excluding hydrogens is 406 g/mol. The summed E-state index contributed by atoms with van der Waals surface area (Å²) in [5, 5.41) is 0. The lowest BCUT2D eigenvalue weighted by Gasteiger charge is -2.13. The highest BCUT2D eigenvalue weighted by molar-refractivity contribution is 6.21. The third kappa shape index (κ3) is 4.59. The summed E-state index contributed by atoms with van der Waals surface area (Å²) < 4.78 is 10.4. The number of ether oxygens (including phenoxy) is 2. The molecule has 0 saturated carbocycles. The van der Waals surface area contributed by atoms with Crippen LogP contribution in [-0.2, 0) is 11.2 Å². The van der Waals surface area contributed by atoms with E-state index < -0.39 is 5.97 Å². The van der Waals surface area contributed by atoms with Gasteiger partial charge in [-0.25, -0.2) is 4.79 Å². The molecule has 1 aliphatic heterocycles. The van der Waals surface area contributed by atoms with Gasteiger partial charge in [0.2, 0.25) is 0 Å². The number of hydrogen-bond acceptors (Lipinski definition) is 5. The van der Waals surface area contributed by atoms with Crippen molar-refractivity contribution in [3.05, 3.63) is 101 Å². The normalized spacial score (nSPS) is 12.8. The molecule has 1 heterocycles. The van der Waals surface area contributed by atoms with E-state index in [1.165, 1.54) is 11.0 Å². The Bertz CT molecular complexity index is 1140. The maximum atomic E-state index is 12.4. The van der Waals surface area contributed by atoms with Crippen LogP contribution in [0.4, 0.5) is 0 Å². The van der Waals surface area contributed by atoms with Gasteiger partial charge in [0.1, 0.15) is 11.5 Å². The monoisotopic (exact) mass is 427 g/mol. The van der Waals surface area contributed by atoms with Crippen molar-refractivity contribution in [3.8, 4) is 11.5 Å². The number of carbonyl (C=O) groups excluding carboxylic acids is 3. The minimum absolute atomic E-state index is 0.264. The first kappa shape index (κ1) is 21.1. The molecule has 1 aliphatic rings. The third-order valence-corrected chi connectivity index (χ3v) is 5.17. The van der Waals surface area contributed by atoms with Crippen molar-refractivity contribution >= 4 is 23.9 Å². The molecule has 0 spiro atoms. The van der Waals surface area contributed by atoms with Crippen molar-refractivity contribution in [3.63, 3.8) is 0 Å². The van der Waals surface area contributed by atoms with Gasteiger partial charge in [0, 0.05) is 12.6 Å². The van der Waals surface area contributed by atoms with Crippen molar-refractivity contribution < 1.29 is 23.9 Å². The average molecular weight is 427 g/mol. The van der Waals surface area contributed by atoms with Crippen molar-refractivity contribution in [2.45, 2.75) is 6.42 Å². The first-order chi connectivity index (χ1) is 15.5. The van der Waals surface area contributed by atoms with Crippen LogP contribution in [0.15, 0.2) is 78.9 Å². The number of carbonyl (C=O) groups is 3. The fourth-order valence-corrected chi connectivity index (χ4v) is 3.44. The van der Waals surface area contributed by atoms with Gasteiger partial charge in [-0.05, 0) is 60.0 Å². The van der Waals surface area contributed by atoms with Crippen LogP contribution in [-0.4, -0.2) is 36.3 Å². The van der Waals surface area contributed by atoms with Gasteiger partial charge >= 0.3 is 5.97 Å². The largest absolute Gasteiger partial charge is 0.497 e. The lowest BCUT2D eigenvalue weighted by molar-refractivity contribution is -0.128. The molecule has 6 heteroatoms. The van der Waals surface area contributed by atoms with Crippen LogP contribution >= 0.6 is 0 Å². The van der Waals surface area contributed by atoms with Crippen LogP contribution in [0.25, 0.3) is 6.08 Å². The number of esters is 1. The highest BCUT2D eigenvalue weighted by Gasteiger charge is 2.34. The van der Waals surface area contributed by atoms with Crippen LogP contribution in [0.3, 0.4) is 0 Å². The molecule has 6 nitrogen and oxygen atoms in total. The zero-order chi connectivity index (χ0) is 22.5. The quantitative estimate of drug-likeness (QED) is 0.245. The van der Waals surface area contributed by atoms with Gasteiger partial charge < -0.3 is 9.47 Å². The number of hydrogen-bond donors (Lipinski definition) is 0. The maximum Gasteiger partial charge on any atom is 0.336 e. The summed E-state index contributed by atoms with van der Waals surface area (Å²) in [7, 11) is 1.60. The van der Waals surface area contributed by atoms with Crippen LogP contribution in [0.1, 0.15) is 31.8 Å². The molecule has 0 saturated heterocycles. The van der Waals surface area contributed by atoms with Crippen molar-refractivity contribution in [2.24, 2.45) is 0 Å². The summed E-state index contributed by atoms with van der Waals surface area (Å²) in [5.74, 6) is 0.144. The fraction of sp³-hybridized carbons (Fsp3) is 0.115. The fourth-order valence-electron chi connectivity index (χ4n) is 3.44. The standard InChI is InChI=1S/C26H21NO5/c1-31-20-11-6-18(7-12-20)10-15-24(28)32-21-13-8-19(9-14-21)16-17-27-25(29)22-4-2-3-5-23(22)26(27)30/h2-15H,16-17H2,1H3. The van der Waals surface area contributed by atoms with E-state index in [0.717, 1.165) is 16.9 Å². The van der Waals surface area contributed by atoms with E-state index in [2.05, 4.69) is 0 Å². The molecule has 32 heavy (non-hydrogen) atoms. The molecule has 0 unspecified atom stereocenters. The van der Waals surface area contributed by atoms with Crippen LogP contribution < -0.4 is 9.47 Å². The number of rotatable bonds is 7. The molecule has 0 atom stereocenters. The Morgan fingerprint density at radius 2 is 1.44 bits per heavy atom. The Morgan fingerprint density at radius 1 is 0.844 bits per heavy atom. The lowest BCUT2D eigenvalue weighted by atomic mass is 10.1. The molecule has 0 radical (unpaired) electrons. The molecule has 0 fully saturated rings. The van der Waals surface area contributed by atoms with E-state index in [1.807, 2.05) is 36.4 Å². The SMILES string of the molecule is COc1ccc(C=CC(=O)Oc2ccc(CCN3C(=O)c4ccccc4C3=O)cc2)cc1. The molecule has 0 aliphatic carbocycles. The molecule has 3 aromatic carbocycles.